The molecule has 1 N–H and O–H groups in total. The van der Waals surface area contributed by atoms with E-state index in [1.807, 2.05) is 5.01 Å². The minimum Gasteiger partial charge on any atom is -0.334 e. The first-order chi connectivity index (χ1) is 12.3. The van der Waals surface area contributed by atoms with Crippen LogP contribution in [-0.4, -0.2) is 41.7 Å². The monoisotopic (exact) mass is 343 g/mol. The van der Waals surface area contributed by atoms with Gasteiger partial charge < -0.3 is 5.32 Å². The van der Waals surface area contributed by atoms with Crippen molar-refractivity contribution in [2.75, 3.05) is 19.6 Å². The predicted molar refractivity (Wildman–Crippen MR) is 102 cm³/mol. The Morgan fingerprint density at radius 1 is 0.960 bits per heavy atom. The number of nitrogens with one attached hydrogen (secondary N) is 1. The number of rotatable bonds is 6. The van der Waals surface area contributed by atoms with Crippen molar-refractivity contribution in [3.63, 3.8) is 0 Å². The summed E-state index contributed by atoms with van der Waals surface area (Å²) < 4.78 is 0. The molecule has 1 aliphatic carbocycles. The van der Waals surface area contributed by atoms with E-state index in [0.29, 0.717) is 6.04 Å². The maximum Gasteiger partial charge on any atom is 0.332 e. The summed E-state index contributed by atoms with van der Waals surface area (Å²) in [6.45, 7) is 2.88. The lowest BCUT2D eigenvalue weighted by Crippen LogP contribution is -2.56. The molecule has 138 valence electrons. The van der Waals surface area contributed by atoms with E-state index in [0.717, 1.165) is 51.7 Å². The Hall–Kier alpha value is -1.55. The zero-order chi connectivity index (χ0) is 17.3. The van der Waals surface area contributed by atoms with Crippen molar-refractivity contribution < 1.29 is 4.79 Å². The Bertz CT molecular complexity index is 513. The second-order valence-corrected chi connectivity index (χ2v) is 7.51. The Balaban J connectivity index is 1.42. The highest BCUT2D eigenvalue weighted by molar-refractivity contribution is 5.74. The van der Waals surface area contributed by atoms with Crippen LogP contribution in [0.4, 0.5) is 4.79 Å². The molecule has 2 amide bonds. The largest absolute Gasteiger partial charge is 0.334 e. The van der Waals surface area contributed by atoms with Gasteiger partial charge in [0.05, 0.1) is 0 Å². The third-order valence-corrected chi connectivity index (χ3v) is 5.52. The highest BCUT2D eigenvalue weighted by Gasteiger charge is 2.26. The minimum atomic E-state index is 0.134. The van der Waals surface area contributed by atoms with Crippen LogP contribution in [0.3, 0.4) is 0 Å². The van der Waals surface area contributed by atoms with E-state index in [9.17, 15) is 4.79 Å². The molecule has 1 aromatic carbocycles. The summed E-state index contributed by atoms with van der Waals surface area (Å²) in [6.07, 6.45) is 11.9. The van der Waals surface area contributed by atoms with Gasteiger partial charge in [0.25, 0.3) is 0 Å². The molecule has 1 saturated carbocycles. The smallest absolute Gasteiger partial charge is 0.332 e. The van der Waals surface area contributed by atoms with E-state index in [1.54, 1.807) is 0 Å². The number of unbranched alkanes of at least 4 members (excludes halogenated alkanes) is 1. The van der Waals surface area contributed by atoms with E-state index < -0.39 is 0 Å². The van der Waals surface area contributed by atoms with Gasteiger partial charge in [-0.25, -0.2) is 9.80 Å². The maximum atomic E-state index is 12.7. The highest BCUT2D eigenvalue weighted by atomic mass is 16.2. The summed E-state index contributed by atoms with van der Waals surface area (Å²) in [6, 6.07) is 11.2. The normalized spacial score (nSPS) is 19.8. The molecule has 0 aromatic heterocycles. The molecule has 0 unspecified atom stereocenters. The van der Waals surface area contributed by atoms with Crippen molar-refractivity contribution in [3.05, 3.63) is 35.9 Å². The molecule has 1 aliphatic heterocycles. The van der Waals surface area contributed by atoms with Crippen LogP contribution in [0, 0.1) is 0 Å². The standard InChI is InChI=1S/C21H33N3O/c25-21(22-20-14-5-2-6-15-20)24-18-10-9-17-23(24)16-8-7-13-19-11-3-1-4-12-19/h1,3-4,11-12,20H,2,5-10,13-18H2,(H,22,25). The van der Waals surface area contributed by atoms with Gasteiger partial charge in [-0.05, 0) is 50.5 Å². The fourth-order valence-corrected chi connectivity index (χ4v) is 4.04. The Labute approximate surface area is 152 Å². The second-order valence-electron chi connectivity index (χ2n) is 7.51. The van der Waals surface area contributed by atoms with Gasteiger partial charge in [-0.1, -0.05) is 49.6 Å². The molecule has 3 rings (SSSR count). The van der Waals surface area contributed by atoms with E-state index in [2.05, 4.69) is 40.7 Å². The molecule has 1 saturated heterocycles. The molecule has 0 spiro atoms. The van der Waals surface area contributed by atoms with Gasteiger partial charge in [0.15, 0.2) is 0 Å². The molecular formula is C21H33N3O. The van der Waals surface area contributed by atoms with Crippen molar-refractivity contribution in [2.45, 2.75) is 70.3 Å². The van der Waals surface area contributed by atoms with Crippen molar-refractivity contribution in [3.8, 4) is 0 Å². The average molecular weight is 344 g/mol. The summed E-state index contributed by atoms with van der Waals surface area (Å²) in [4.78, 5) is 12.7. The molecule has 0 radical (unpaired) electrons. The molecule has 4 heteroatoms. The minimum absolute atomic E-state index is 0.134. The van der Waals surface area contributed by atoms with Crippen LogP contribution in [0.5, 0.6) is 0 Å². The lowest BCUT2D eigenvalue weighted by atomic mass is 9.96. The van der Waals surface area contributed by atoms with Gasteiger partial charge in [0.1, 0.15) is 0 Å². The topological polar surface area (TPSA) is 35.6 Å². The molecule has 2 fully saturated rings. The fourth-order valence-electron chi connectivity index (χ4n) is 4.04. The van der Waals surface area contributed by atoms with Gasteiger partial charge in [0, 0.05) is 25.7 Å². The van der Waals surface area contributed by atoms with Crippen molar-refractivity contribution >= 4 is 6.03 Å². The summed E-state index contributed by atoms with van der Waals surface area (Å²) in [7, 11) is 0. The van der Waals surface area contributed by atoms with Gasteiger partial charge in [-0.15, -0.1) is 0 Å². The molecule has 4 nitrogen and oxygen atoms in total. The third-order valence-electron chi connectivity index (χ3n) is 5.52. The molecule has 1 heterocycles. The quantitative estimate of drug-likeness (QED) is 0.779. The molecule has 0 bridgehead atoms. The molecule has 25 heavy (non-hydrogen) atoms. The maximum absolute atomic E-state index is 12.7. The van der Waals surface area contributed by atoms with Gasteiger partial charge in [0.2, 0.25) is 0 Å². The Morgan fingerprint density at radius 2 is 1.72 bits per heavy atom. The number of nitrogens with zero attached hydrogens (tertiary/aromatic N) is 2. The number of hydrazine groups is 1. The third kappa shape index (κ3) is 5.74. The zero-order valence-electron chi connectivity index (χ0n) is 15.5. The van der Waals surface area contributed by atoms with Crippen LogP contribution in [0.1, 0.15) is 63.4 Å². The van der Waals surface area contributed by atoms with Gasteiger partial charge in [-0.3, -0.25) is 5.01 Å². The summed E-state index contributed by atoms with van der Waals surface area (Å²) in [5.74, 6) is 0. The van der Waals surface area contributed by atoms with E-state index in [1.165, 1.54) is 37.7 Å². The molecule has 1 aromatic rings. The summed E-state index contributed by atoms with van der Waals surface area (Å²) >= 11 is 0. The van der Waals surface area contributed by atoms with E-state index in [4.69, 9.17) is 0 Å². The van der Waals surface area contributed by atoms with E-state index in [-0.39, 0.29) is 6.03 Å². The van der Waals surface area contributed by atoms with Gasteiger partial charge >= 0.3 is 6.03 Å². The number of hydrogen-bond donors (Lipinski definition) is 1. The number of carbonyl (C=O) groups is 1. The fraction of sp³-hybridized carbons (Fsp3) is 0.667. The summed E-state index contributed by atoms with van der Waals surface area (Å²) in [5.41, 5.74) is 1.41. The SMILES string of the molecule is O=C(NC1CCCCC1)N1CCCCN1CCCCc1ccccc1. The first-order valence-electron chi connectivity index (χ1n) is 10.2. The number of hydrogen-bond acceptors (Lipinski definition) is 2. The zero-order valence-corrected chi connectivity index (χ0v) is 15.5. The van der Waals surface area contributed by atoms with Crippen LogP contribution in [-0.2, 0) is 6.42 Å². The second kappa shape index (κ2) is 9.81. The van der Waals surface area contributed by atoms with Crippen LogP contribution >= 0.6 is 0 Å². The lowest BCUT2D eigenvalue weighted by Gasteiger charge is -2.39. The molecule has 0 atom stereocenters. The van der Waals surface area contributed by atoms with Gasteiger partial charge in [-0.2, -0.15) is 0 Å². The number of benzene rings is 1. The first-order valence-corrected chi connectivity index (χ1v) is 10.2. The van der Waals surface area contributed by atoms with Crippen LogP contribution < -0.4 is 5.32 Å². The van der Waals surface area contributed by atoms with Crippen molar-refractivity contribution in [1.82, 2.24) is 15.3 Å². The predicted octanol–water partition coefficient (Wildman–Crippen LogP) is 4.36. The van der Waals surface area contributed by atoms with Crippen LogP contribution in [0.25, 0.3) is 0 Å². The average Bonchev–Trinajstić information content (AvgIpc) is 2.67. The number of carbonyl (C=O) groups excluding carboxylic acids is 1. The van der Waals surface area contributed by atoms with Crippen LogP contribution in [0.2, 0.25) is 0 Å². The van der Waals surface area contributed by atoms with E-state index >= 15 is 0 Å². The Morgan fingerprint density at radius 3 is 2.52 bits per heavy atom. The molecular weight excluding hydrogens is 310 g/mol. The number of amides is 2. The number of aryl methyl sites for hydroxylation is 1. The Kier molecular flexibility index (Phi) is 7.16. The highest BCUT2D eigenvalue weighted by Crippen LogP contribution is 2.19. The summed E-state index contributed by atoms with van der Waals surface area (Å²) in [5, 5.41) is 7.55. The molecule has 2 aliphatic rings. The van der Waals surface area contributed by atoms with Crippen molar-refractivity contribution in [1.29, 1.82) is 0 Å². The first kappa shape index (κ1) is 18.2. The van der Waals surface area contributed by atoms with Crippen molar-refractivity contribution in [2.24, 2.45) is 0 Å². The van der Waals surface area contributed by atoms with Crippen LogP contribution in [0.15, 0.2) is 30.3 Å². The lowest BCUT2D eigenvalue weighted by molar-refractivity contribution is -0.0137. The number of urea groups is 1.